The number of aliphatic imine (C=N–C) groups is 1. The van der Waals surface area contributed by atoms with Gasteiger partial charge >= 0.3 is 6.18 Å². The molecule has 26 heavy (non-hydrogen) atoms. The molecule has 1 atom stereocenters. The van der Waals surface area contributed by atoms with Crippen molar-refractivity contribution in [1.29, 1.82) is 0 Å². The van der Waals surface area contributed by atoms with Gasteiger partial charge in [-0.15, -0.1) is 0 Å². The van der Waals surface area contributed by atoms with E-state index >= 15 is 0 Å². The number of halogens is 3. The van der Waals surface area contributed by atoms with E-state index in [0.29, 0.717) is 32.2 Å². The first-order valence-corrected chi connectivity index (χ1v) is 9.71. The lowest BCUT2D eigenvalue weighted by Crippen LogP contribution is -2.56. The van der Waals surface area contributed by atoms with Crippen molar-refractivity contribution in [2.75, 3.05) is 52.9 Å². The molecule has 1 aliphatic rings. The van der Waals surface area contributed by atoms with Crippen molar-refractivity contribution in [3.8, 4) is 0 Å². The van der Waals surface area contributed by atoms with Gasteiger partial charge in [0.1, 0.15) is 6.04 Å². The minimum Gasteiger partial charge on any atom is -0.357 e. The van der Waals surface area contributed by atoms with Crippen LogP contribution < -0.4 is 5.32 Å². The fourth-order valence-electron chi connectivity index (χ4n) is 2.87. The van der Waals surface area contributed by atoms with E-state index in [1.54, 1.807) is 0 Å². The van der Waals surface area contributed by atoms with Crippen LogP contribution in [0.25, 0.3) is 0 Å². The van der Waals surface area contributed by atoms with Gasteiger partial charge in [-0.3, -0.25) is 9.89 Å². The van der Waals surface area contributed by atoms with Crippen molar-refractivity contribution in [2.24, 2.45) is 4.99 Å². The molecule has 1 heterocycles. The Bertz CT molecular complexity index is 418. The van der Waals surface area contributed by atoms with Crippen LogP contribution in [0.15, 0.2) is 4.99 Å². The molecule has 0 saturated carbocycles. The Hall–Kier alpha value is -1.02. The first kappa shape index (κ1) is 23.0. The van der Waals surface area contributed by atoms with Gasteiger partial charge in [-0.2, -0.15) is 13.2 Å². The molecule has 0 bridgehead atoms. The lowest BCUT2D eigenvalue weighted by Gasteiger charge is -2.39. The maximum Gasteiger partial charge on any atom is 0.403 e. The third-order valence-electron chi connectivity index (χ3n) is 5.03. The van der Waals surface area contributed by atoms with Gasteiger partial charge in [-0.1, -0.05) is 0 Å². The molecule has 0 aromatic heterocycles. The van der Waals surface area contributed by atoms with Crippen LogP contribution in [0.3, 0.4) is 0 Å². The quantitative estimate of drug-likeness (QED) is 0.399. The summed E-state index contributed by atoms with van der Waals surface area (Å²) in [6, 6.07) is -0.840. The summed E-state index contributed by atoms with van der Waals surface area (Å²) in [5, 5.41) is 3.27. The summed E-state index contributed by atoms with van der Waals surface area (Å²) in [4.78, 5) is 10.6. The van der Waals surface area contributed by atoms with Crippen LogP contribution in [0, 0.1) is 0 Å². The van der Waals surface area contributed by atoms with E-state index in [4.69, 9.17) is 0 Å². The molecule has 1 N–H and O–H groups in total. The number of alkyl halides is 3. The van der Waals surface area contributed by atoms with E-state index in [9.17, 15) is 13.2 Å². The van der Waals surface area contributed by atoms with Crippen molar-refractivity contribution >= 4 is 5.96 Å². The van der Waals surface area contributed by atoms with Crippen LogP contribution in [0.4, 0.5) is 13.2 Å². The van der Waals surface area contributed by atoms with Crippen molar-refractivity contribution in [1.82, 2.24) is 20.0 Å². The highest BCUT2D eigenvalue weighted by Crippen LogP contribution is 2.25. The number of nitrogens with one attached hydrogen (secondary N) is 1. The molecule has 5 nitrogen and oxygen atoms in total. The van der Waals surface area contributed by atoms with Gasteiger partial charge in [0, 0.05) is 45.3 Å². The highest BCUT2D eigenvalue weighted by molar-refractivity contribution is 5.80. The molecule has 1 fully saturated rings. The number of guanidine groups is 1. The Morgan fingerprint density at radius 2 is 1.73 bits per heavy atom. The molecule has 1 aliphatic heterocycles. The van der Waals surface area contributed by atoms with Crippen LogP contribution in [0.2, 0.25) is 0 Å². The number of unbranched alkanes of at least 4 members (excludes halogenated alkanes) is 1. The summed E-state index contributed by atoms with van der Waals surface area (Å²) in [6.07, 6.45) is -2.06. The zero-order chi connectivity index (χ0) is 19.7. The number of piperazine rings is 1. The fraction of sp³-hybridized carbons (Fsp3) is 0.944. The number of nitrogens with zero attached hydrogens (tertiary/aromatic N) is 4. The summed E-state index contributed by atoms with van der Waals surface area (Å²) in [5.41, 5.74) is 0. The Balaban J connectivity index is 2.45. The Labute approximate surface area is 156 Å². The van der Waals surface area contributed by atoms with Gasteiger partial charge < -0.3 is 15.1 Å². The molecular weight excluding hydrogens is 343 g/mol. The number of hydrogen-bond acceptors (Lipinski definition) is 3. The van der Waals surface area contributed by atoms with Crippen LogP contribution in [-0.2, 0) is 0 Å². The highest BCUT2D eigenvalue weighted by atomic mass is 19.4. The lowest BCUT2D eigenvalue weighted by atomic mass is 10.2. The van der Waals surface area contributed by atoms with Gasteiger partial charge in [-0.05, 0) is 54.1 Å². The standard InChI is InChI=1S/C18H36F3N5/c1-6-22-17(23-9-7-8-10-24(5)15(2)3)26-13-11-25(12-14-26)16(4)18(19,20)21/h15-16H,6-14H2,1-5H3,(H,22,23). The molecular formula is C18H36F3N5. The summed E-state index contributed by atoms with van der Waals surface area (Å²) in [7, 11) is 2.12. The van der Waals surface area contributed by atoms with E-state index in [0.717, 1.165) is 38.4 Å². The summed E-state index contributed by atoms with van der Waals surface area (Å²) < 4.78 is 38.6. The molecule has 1 unspecified atom stereocenters. The van der Waals surface area contributed by atoms with Crippen LogP contribution in [0.5, 0.6) is 0 Å². The van der Waals surface area contributed by atoms with Crippen molar-refractivity contribution in [2.45, 2.75) is 58.8 Å². The highest BCUT2D eigenvalue weighted by Gasteiger charge is 2.41. The third-order valence-corrected chi connectivity index (χ3v) is 5.03. The first-order chi connectivity index (χ1) is 12.2. The molecule has 1 rings (SSSR count). The second-order valence-corrected chi connectivity index (χ2v) is 7.26. The minimum atomic E-state index is -4.16. The average Bonchev–Trinajstić information content (AvgIpc) is 2.59. The van der Waals surface area contributed by atoms with Crippen LogP contribution in [-0.4, -0.2) is 91.8 Å². The van der Waals surface area contributed by atoms with E-state index in [-0.39, 0.29) is 0 Å². The zero-order valence-corrected chi connectivity index (χ0v) is 16.9. The summed E-state index contributed by atoms with van der Waals surface area (Å²) in [6.45, 7) is 12.1. The van der Waals surface area contributed by atoms with Crippen LogP contribution in [0.1, 0.15) is 40.5 Å². The Morgan fingerprint density at radius 1 is 1.12 bits per heavy atom. The summed E-state index contributed by atoms with van der Waals surface area (Å²) in [5.74, 6) is 0.823. The normalized spacial score (nSPS) is 18.7. The van der Waals surface area contributed by atoms with Crippen molar-refractivity contribution in [3.63, 3.8) is 0 Å². The maximum absolute atomic E-state index is 12.9. The Morgan fingerprint density at radius 3 is 2.23 bits per heavy atom. The third kappa shape index (κ3) is 7.70. The first-order valence-electron chi connectivity index (χ1n) is 9.71. The number of rotatable bonds is 8. The van der Waals surface area contributed by atoms with Gasteiger partial charge in [0.05, 0.1) is 0 Å². The van der Waals surface area contributed by atoms with E-state index in [1.165, 1.54) is 11.8 Å². The predicted molar refractivity (Wildman–Crippen MR) is 102 cm³/mol. The van der Waals surface area contributed by atoms with Crippen LogP contribution >= 0.6 is 0 Å². The molecule has 0 amide bonds. The molecule has 0 aliphatic carbocycles. The molecule has 154 valence electrons. The average molecular weight is 380 g/mol. The Kier molecular flexibility index (Phi) is 9.71. The minimum absolute atomic E-state index is 0.407. The van der Waals surface area contributed by atoms with Gasteiger partial charge in [-0.25, -0.2) is 0 Å². The molecule has 0 spiro atoms. The van der Waals surface area contributed by atoms with Gasteiger partial charge in [0.15, 0.2) is 5.96 Å². The smallest absolute Gasteiger partial charge is 0.357 e. The lowest BCUT2D eigenvalue weighted by molar-refractivity contribution is -0.181. The topological polar surface area (TPSA) is 34.1 Å². The van der Waals surface area contributed by atoms with Crippen molar-refractivity contribution < 1.29 is 13.2 Å². The van der Waals surface area contributed by atoms with Crippen molar-refractivity contribution in [3.05, 3.63) is 0 Å². The van der Waals surface area contributed by atoms with E-state index in [2.05, 4.69) is 41.0 Å². The van der Waals surface area contributed by atoms with Gasteiger partial charge in [0.25, 0.3) is 0 Å². The fourth-order valence-corrected chi connectivity index (χ4v) is 2.87. The molecule has 1 saturated heterocycles. The maximum atomic E-state index is 12.9. The largest absolute Gasteiger partial charge is 0.403 e. The van der Waals surface area contributed by atoms with E-state index < -0.39 is 12.2 Å². The monoisotopic (exact) mass is 379 g/mol. The second kappa shape index (κ2) is 11.0. The SMILES string of the molecule is CCNC(=NCCCCN(C)C(C)C)N1CCN(C(C)C(F)(F)F)CC1. The van der Waals surface area contributed by atoms with Gasteiger partial charge in [0.2, 0.25) is 0 Å². The molecule has 8 heteroatoms. The molecule has 0 aromatic carbocycles. The predicted octanol–water partition coefficient (Wildman–Crippen LogP) is 2.64. The zero-order valence-electron chi connectivity index (χ0n) is 16.9. The number of hydrogen-bond donors (Lipinski definition) is 1. The molecule has 0 aromatic rings. The molecule has 0 radical (unpaired) electrons. The second-order valence-electron chi connectivity index (χ2n) is 7.26. The summed E-state index contributed by atoms with van der Waals surface area (Å²) >= 11 is 0. The van der Waals surface area contributed by atoms with E-state index in [1.807, 2.05) is 6.92 Å².